The van der Waals surface area contributed by atoms with E-state index in [1.54, 1.807) is 148 Å². The number of carbonyl (C=O) groups excluding carboxylic acids is 9. The molecule has 6 aliphatic heterocycles. The molecule has 678 valence electrons. The van der Waals surface area contributed by atoms with Gasteiger partial charge < -0.3 is 63.1 Å². The van der Waals surface area contributed by atoms with Crippen molar-refractivity contribution >= 4 is 126 Å². The van der Waals surface area contributed by atoms with E-state index in [4.69, 9.17) is 52.5 Å². The van der Waals surface area contributed by atoms with Gasteiger partial charge in [-0.1, -0.05) is 161 Å². The van der Waals surface area contributed by atoms with Gasteiger partial charge in [0.05, 0.1) is 73.3 Å². The van der Waals surface area contributed by atoms with Crippen LogP contribution in [0.3, 0.4) is 0 Å². The number of methoxy groups -OCH3 is 3. The highest BCUT2D eigenvalue weighted by atomic mass is 32.1. The Morgan fingerprint density at radius 1 is 0.368 bits per heavy atom. The highest BCUT2D eigenvalue weighted by Gasteiger charge is 2.52. The predicted octanol–water partition coefficient (Wildman–Crippen LogP) is 17.4. The molecule has 6 atom stereocenters. The van der Waals surface area contributed by atoms with E-state index in [9.17, 15) is 58.5 Å². The molecule has 0 radical (unpaired) electrons. The number of thiazole rings is 3. The maximum absolute atomic E-state index is 13.7. The molecule has 3 amide bonds. The number of aryl methyl sites for hydroxylation is 3. The van der Waals surface area contributed by atoms with Gasteiger partial charge in [-0.25, -0.2) is 29.3 Å². The van der Waals surface area contributed by atoms with Crippen LogP contribution in [0.4, 0.5) is 15.4 Å². The SMILES string of the molecule is CC(=O)O.COC(=O)c1sc(N2C(=O)C(=O)/C(=C(/O)c3ccc4c(c3)CC(C)O4)C2c2cccc(OCc3ccccc3)c2)nc1C.COC(=O)c1sc(N2C(=O)C(=O)/C(=C(/O)c3ccc4c(c3)CC(C)O4)C2c2cccc(OCc3ccccc3)c2)nc1C.COC(=O)c1sc(N2C(=O)C(=O)/C(=C(/O)c3ccc4c(c3)CC(C)O4)C2c2cccc(OCc3ccccc3)c2)nc1C. The molecule has 3 aromatic heterocycles. The molecule has 133 heavy (non-hydrogen) atoms. The fraction of sp³-hybridized carbons (Fsp3) is 0.218. The average molecular weight is 1850 g/mol. The summed E-state index contributed by atoms with van der Waals surface area (Å²) in [5.41, 5.74) is 9.17. The molecule has 29 nitrogen and oxygen atoms in total. The van der Waals surface area contributed by atoms with E-state index in [0.717, 1.165) is 91.6 Å². The minimum atomic E-state index is -1.04. The summed E-state index contributed by atoms with van der Waals surface area (Å²) in [6.07, 6.45) is 1.95. The second-order valence-electron chi connectivity index (χ2n) is 31.6. The Morgan fingerprint density at radius 3 is 0.872 bits per heavy atom. The Kier molecular flexibility index (Phi) is 27.7. The van der Waals surface area contributed by atoms with Gasteiger partial charge in [0.2, 0.25) is 0 Å². The molecule has 0 bridgehead atoms. The van der Waals surface area contributed by atoms with Gasteiger partial charge in [0.1, 0.15) is 105 Å². The summed E-state index contributed by atoms with van der Waals surface area (Å²) in [5, 5.41) is 42.7. The molecule has 4 N–H and O–H groups in total. The van der Waals surface area contributed by atoms with Crippen molar-refractivity contribution in [1.29, 1.82) is 0 Å². The second-order valence-corrected chi connectivity index (χ2v) is 34.6. The van der Waals surface area contributed by atoms with Crippen molar-refractivity contribution in [3.05, 3.63) is 334 Å². The van der Waals surface area contributed by atoms with Crippen molar-refractivity contribution in [2.75, 3.05) is 36.0 Å². The summed E-state index contributed by atoms with van der Waals surface area (Å²) >= 11 is 2.84. The highest BCUT2D eigenvalue weighted by molar-refractivity contribution is 7.18. The number of hydrogen-bond donors (Lipinski definition) is 4. The van der Waals surface area contributed by atoms with Crippen LogP contribution in [0.15, 0.2) is 235 Å². The zero-order valence-corrected chi connectivity index (χ0v) is 75.9. The third-order valence-electron chi connectivity index (χ3n) is 22.2. The van der Waals surface area contributed by atoms with Crippen molar-refractivity contribution in [3.63, 3.8) is 0 Å². The molecule has 18 rings (SSSR count). The first-order valence-electron chi connectivity index (χ1n) is 42.0. The topological polar surface area (TPSA) is 383 Å². The van der Waals surface area contributed by atoms with Crippen molar-refractivity contribution in [1.82, 2.24) is 15.0 Å². The largest absolute Gasteiger partial charge is 0.507 e. The number of aliphatic carboxylic acids is 1. The number of anilines is 3. The van der Waals surface area contributed by atoms with E-state index in [2.05, 4.69) is 15.0 Å². The average Bonchev–Trinajstić information content (AvgIpc) is 1.60. The Labute approximate surface area is 775 Å². The van der Waals surface area contributed by atoms with Crippen LogP contribution in [0.25, 0.3) is 17.3 Å². The first-order chi connectivity index (χ1) is 64.0. The van der Waals surface area contributed by atoms with Gasteiger partial charge in [0.25, 0.3) is 23.3 Å². The Bertz CT molecular complexity index is 6080. The Balaban J connectivity index is 0.000000149. The number of carboxylic acid groups (broad SMARTS) is 1. The number of nitrogens with zero attached hydrogens (tertiary/aromatic N) is 6. The molecule has 6 aliphatic rings. The number of esters is 3. The number of fused-ring (bicyclic) bond motifs is 3. The third kappa shape index (κ3) is 19.7. The number of aliphatic hydroxyl groups is 3. The number of ether oxygens (including phenoxy) is 9. The summed E-state index contributed by atoms with van der Waals surface area (Å²) in [4.78, 5) is 146. The van der Waals surface area contributed by atoms with Crippen LogP contribution in [0, 0.1) is 20.8 Å². The van der Waals surface area contributed by atoms with Crippen LogP contribution < -0.4 is 43.1 Å². The fourth-order valence-electron chi connectivity index (χ4n) is 16.1. The molecular formula is C101H88N6O23S3. The molecule has 3 fully saturated rings. The number of aliphatic hydroxyl groups excluding tert-OH is 3. The molecule has 9 aromatic carbocycles. The summed E-state index contributed by atoms with van der Waals surface area (Å²) in [5.74, 6) is -5.07. The lowest BCUT2D eigenvalue weighted by atomic mass is 9.94. The van der Waals surface area contributed by atoms with Crippen LogP contribution in [0.1, 0.15) is 159 Å². The van der Waals surface area contributed by atoms with E-state index in [-0.39, 0.29) is 82.3 Å². The van der Waals surface area contributed by atoms with Crippen LogP contribution in [0.5, 0.6) is 34.5 Å². The van der Waals surface area contributed by atoms with Crippen molar-refractivity contribution in [2.45, 2.75) is 124 Å². The number of benzene rings is 9. The quantitative estimate of drug-likeness (QED) is 0.0171. The zero-order chi connectivity index (χ0) is 94.3. The first-order valence-corrected chi connectivity index (χ1v) is 44.4. The smallest absolute Gasteiger partial charge is 0.350 e. The van der Waals surface area contributed by atoms with Crippen molar-refractivity contribution in [3.8, 4) is 34.5 Å². The molecule has 9 heterocycles. The zero-order valence-electron chi connectivity index (χ0n) is 73.4. The second kappa shape index (κ2) is 39.9. The number of amides is 3. The molecule has 12 aromatic rings. The van der Waals surface area contributed by atoms with Gasteiger partial charge in [-0.15, -0.1) is 0 Å². The normalized spacial score (nSPS) is 18.4. The lowest BCUT2D eigenvalue weighted by Gasteiger charge is -2.23. The fourth-order valence-corrected chi connectivity index (χ4v) is 19.1. The van der Waals surface area contributed by atoms with E-state index < -0.39 is 77.1 Å². The van der Waals surface area contributed by atoms with Gasteiger partial charge in [-0.2, -0.15) is 0 Å². The number of carboxylic acids is 1. The maximum atomic E-state index is 13.7. The lowest BCUT2D eigenvalue weighted by molar-refractivity contribution is -0.134. The van der Waals surface area contributed by atoms with Crippen LogP contribution in [-0.2, 0) is 86.9 Å². The molecule has 32 heteroatoms. The minimum absolute atomic E-state index is 0.00579. The van der Waals surface area contributed by atoms with Gasteiger partial charge in [0.15, 0.2) is 15.4 Å². The van der Waals surface area contributed by atoms with Gasteiger partial charge in [-0.3, -0.25) is 48.3 Å². The number of hydrogen-bond acceptors (Lipinski definition) is 28. The molecule has 3 saturated heterocycles. The number of Topliss-reactive ketones (excluding diaryl/α,β-unsaturated/α-hetero) is 3. The summed E-state index contributed by atoms with van der Waals surface area (Å²) in [6.45, 7) is 12.8. The standard InChI is InChI=1S/3C33H28N2O7S.C2H4O2/c3*1-18-14-23-15-22(12-13-25(23)42-18)28(36)26-27(21-10-7-11-24(16-21)41-17-20-8-5-4-6-9-20)35(31(38)29(26)37)33-34-19(2)30(43-33)32(39)40-3;1-2(3)4/h3*4-13,15-16,18,27,36H,14,17H2,1-3H3;1H3,(H,3,4)/b3*28-26+;. The van der Waals surface area contributed by atoms with Crippen LogP contribution in [-0.4, -0.2) is 134 Å². The number of ketones is 3. The number of carbonyl (C=O) groups is 10. The monoisotopic (exact) mass is 1850 g/mol. The lowest BCUT2D eigenvalue weighted by Crippen LogP contribution is -2.29. The number of rotatable bonds is 21. The maximum Gasteiger partial charge on any atom is 0.350 e. The first kappa shape index (κ1) is 92.3. The summed E-state index contributed by atoms with van der Waals surface area (Å²) in [7, 11) is 3.78. The van der Waals surface area contributed by atoms with Crippen molar-refractivity contribution in [2.24, 2.45) is 0 Å². The summed E-state index contributed by atoms with van der Waals surface area (Å²) in [6, 6.07) is 62.6. The summed E-state index contributed by atoms with van der Waals surface area (Å²) < 4.78 is 50.1. The van der Waals surface area contributed by atoms with Gasteiger partial charge in [-0.05, 0) is 183 Å². The molecule has 0 aliphatic carbocycles. The van der Waals surface area contributed by atoms with E-state index >= 15 is 0 Å². The Hall–Kier alpha value is -15.4. The van der Waals surface area contributed by atoms with Gasteiger partial charge in [0, 0.05) is 42.9 Å². The highest BCUT2D eigenvalue weighted by Crippen LogP contribution is 2.50. The predicted molar refractivity (Wildman–Crippen MR) is 495 cm³/mol. The molecule has 6 unspecified atom stereocenters. The van der Waals surface area contributed by atoms with E-state index in [1.165, 1.54) is 36.0 Å². The molecule has 0 saturated carbocycles. The van der Waals surface area contributed by atoms with Crippen LogP contribution in [0.2, 0.25) is 0 Å². The van der Waals surface area contributed by atoms with Crippen LogP contribution >= 0.6 is 34.0 Å². The minimum Gasteiger partial charge on any atom is -0.507 e. The third-order valence-corrected chi connectivity index (χ3v) is 25.6. The van der Waals surface area contributed by atoms with E-state index in [1.807, 2.05) is 112 Å². The number of aromatic nitrogens is 3. The van der Waals surface area contributed by atoms with Gasteiger partial charge >= 0.3 is 35.6 Å². The Morgan fingerprint density at radius 2 is 0.624 bits per heavy atom. The van der Waals surface area contributed by atoms with Crippen molar-refractivity contribution < 1.29 is 111 Å². The van der Waals surface area contributed by atoms with E-state index in [0.29, 0.717) is 107 Å². The molecule has 0 spiro atoms. The molecular weight excluding hydrogens is 1760 g/mol.